The monoisotopic (exact) mass is 303 g/mol. The van der Waals surface area contributed by atoms with Gasteiger partial charge in [0.05, 0.1) is 6.61 Å². The van der Waals surface area contributed by atoms with Gasteiger partial charge >= 0.3 is 6.18 Å². The van der Waals surface area contributed by atoms with Gasteiger partial charge in [-0.05, 0) is 43.5 Å². The van der Waals surface area contributed by atoms with E-state index >= 15 is 0 Å². The molecule has 2 rings (SSSR count). The molecule has 0 fully saturated rings. The Balaban J connectivity index is 1.91. The molecule has 1 aliphatic rings. The third kappa shape index (κ3) is 4.89. The largest absolute Gasteiger partial charge is 0.493 e. The number of ether oxygens (including phenoxy) is 2. The first-order valence-electron chi connectivity index (χ1n) is 7.07. The second-order valence-corrected chi connectivity index (χ2v) is 5.12. The second kappa shape index (κ2) is 7.13. The van der Waals surface area contributed by atoms with E-state index in [9.17, 15) is 13.2 Å². The molecule has 1 aromatic carbocycles. The van der Waals surface area contributed by atoms with Crippen LogP contribution < -0.4 is 10.1 Å². The van der Waals surface area contributed by atoms with Crippen molar-refractivity contribution in [2.45, 2.75) is 31.5 Å². The Hall–Kier alpha value is -1.27. The molecule has 0 saturated carbocycles. The number of benzene rings is 1. The van der Waals surface area contributed by atoms with E-state index in [1.807, 2.05) is 12.1 Å². The van der Waals surface area contributed by atoms with Crippen LogP contribution in [0.1, 0.15) is 30.0 Å². The Labute approximate surface area is 122 Å². The SMILES string of the molecule is CNC(CCOCC(F)(F)F)c1ccc2c(c1)CCCO2. The number of halogens is 3. The Morgan fingerprint density at radius 3 is 2.90 bits per heavy atom. The van der Waals surface area contributed by atoms with Crippen molar-refractivity contribution >= 4 is 0 Å². The third-order valence-corrected chi connectivity index (χ3v) is 3.50. The Bertz CT molecular complexity index is 463. The lowest BCUT2D eigenvalue weighted by molar-refractivity contribution is -0.174. The lowest BCUT2D eigenvalue weighted by Crippen LogP contribution is -2.22. The first-order valence-corrected chi connectivity index (χ1v) is 7.07. The van der Waals surface area contributed by atoms with Crippen molar-refractivity contribution in [1.29, 1.82) is 0 Å². The van der Waals surface area contributed by atoms with Crippen LogP contribution in [0.5, 0.6) is 5.75 Å². The van der Waals surface area contributed by atoms with Gasteiger partial charge in [0, 0.05) is 12.6 Å². The van der Waals surface area contributed by atoms with Gasteiger partial charge in [-0.25, -0.2) is 0 Å². The maximum Gasteiger partial charge on any atom is 0.411 e. The summed E-state index contributed by atoms with van der Waals surface area (Å²) in [6, 6.07) is 5.93. The van der Waals surface area contributed by atoms with Crippen LogP contribution in [0.3, 0.4) is 0 Å². The predicted molar refractivity (Wildman–Crippen MR) is 73.5 cm³/mol. The number of nitrogens with one attached hydrogen (secondary N) is 1. The zero-order valence-electron chi connectivity index (χ0n) is 12.0. The van der Waals surface area contributed by atoms with E-state index in [1.165, 1.54) is 0 Å². The van der Waals surface area contributed by atoms with E-state index in [1.54, 1.807) is 7.05 Å². The maximum atomic E-state index is 12.0. The number of hydrogen-bond acceptors (Lipinski definition) is 3. The summed E-state index contributed by atoms with van der Waals surface area (Å²) in [4.78, 5) is 0. The van der Waals surface area contributed by atoms with Gasteiger partial charge in [-0.2, -0.15) is 13.2 Å². The first kappa shape index (κ1) is 16.1. The van der Waals surface area contributed by atoms with Crippen molar-refractivity contribution in [2.75, 3.05) is 26.9 Å². The highest BCUT2D eigenvalue weighted by atomic mass is 19.4. The maximum absolute atomic E-state index is 12.0. The number of rotatable bonds is 6. The molecule has 1 unspecified atom stereocenters. The third-order valence-electron chi connectivity index (χ3n) is 3.50. The highest BCUT2D eigenvalue weighted by Crippen LogP contribution is 2.28. The van der Waals surface area contributed by atoms with E-state index in [4.69, 9.17) is 4.74 Å². The summed E-state index contributed by atoms with van der Waals surface area (Å²) >= 11 is 0. The fourth-order valence-corrected chi connectivity index (χ4v) is 2.46. The van der Waals surface area contributed by atoms with E-state index in [0.717, 1.165) is 36.3 Å². The van der Waals surface area contributed by atoms with Gasteiger partial charge in [0.15, 0.2) is 0 Å². The van der Waals surface area contributed by atoms with Crippen LogP contribution in [-0.4, -0.2) is 33.0 Å². The summed E-state index contributed by atoms with van der Waals surface area (Å²) in [7, 11) is 1.80. The summed E-state index contributed by atoms with van der Waals surface area (Å²) in [5.74, 6) is 0.910. The zero-order chi connectivity index (χ0) is 15.3. The van der Waals surface area contributed by atoms with Gasteiger partial charge in [0.2, 0.25) is 0 Å². The van der Waals surface area contributed by atoms with Gasteiger partial charge < -0.3 is 14.8 Å². The van der Waals surface area contributed by atoms with Crippen LogP contribution in [0, 0.1) is 0 Å². The molecular formula is C15H20F3NO2. The number of alkyl halides is 3. The van der Waals surface area contributed by atoms with Gasteiger partial charge in [-0.3, -0.25) is 0 Å². The van der Waals surface area contributed by atoms with Crippen LogP contribution in [0.15, 0.2) is 18.2 Å². The minimum Gasteiger partial charge on any atom is -0.493 e. The lowest BCUT2D eigenvalue weighted by Gasteiger charge is -2.22. The minimum absolute atomic E-state index is 0.0227. The van der Waals surface area contributed by atoms with Crippen molar-refractivity contribution in [3.05, 3.63) is 29.3 Å². The standard InChI is InChI=1S/C15H20F3NO2/c1-19-13(6-8-20-10-15(16,17)18)11-4-5-14-12(9-11)3-2-7-21-14/h4-5,9,13,19H,2-3,6-8,10H2,1H3. The lowest BCUT2D eigenvalue weighted by atomic mass is 9.98. The molecule has 1 aromatic rings. The van der Waals surface area contributed by atoms with Crippen molar-refractivity contribution in [3.63, 3.8) is 0 Å². The van der Waals surface area contributed by atoms with Crippen LogP contribution in [0.2, 0.25) is 0 Å². The Morgan fingerprint density at radius 2 is 2.19 bits per heavy atom. The molecule has 21 heavy (non-hydrogen) atoms. The normalized spacial score (nSPS) is 16.2. The Morgan fingerprint density at radius 1 is 1.38 bits per heavy atom. The number of aryl methyl sites for hydroxylation is 1. The van der Waals surface area contributed by atoms with E-state index in [2.05, 4.69) is 16.1 Å². The minimum atomic E-state index is -4.27. The number of fused-ring (bicyclic) bond motifs is 1. The predicted octanol–water partition coefficient (Wildman–Crippen LogP) is 3.24. The molecule has 1 atom stereocenters. The van der Waals surface area contributed by atoms with E-state index in [0.29, 0.717) is 6.42 Å². The van der Waals surface area contributed by atoms with Crippen LogP contribution in [0.4, 0.5) is 13.2 Å². The van der Waals surface area contributed by atoms with E-state index < -0.39 is 12.8 Å². The summed E-state index contributed by atoms with van der Waals surface area (Å²) < 4.78 is 46.3. The zero-order valence-corrected chi connectivity index (χ0v) is 12.0. The van der Waals surface area contributed by atoms with Crippen molar-refractivity contribution < 1.29 is 22.6 Å². The first-order chi connectivity index (χ1) is 9.99. The molecular weight excluding hydrogens is 283 g/mol. The average molecular weight is 303 g/mol. The quantitative estimate of drug-likeness (QED) is 0.818. The van der Waals surface area contributed by atoms with Crippen LogP contribution in [-0.2, 0) is 11.2 Å². The summed E-state index contributed by atoms with van der Waals surface area (Å²) in [6.45, 7) is -0.382. The summed E-state index contributed by atoms with van der Waals surface area (Å²) in [5.41, 5.74) is 2.22. The highest BCUT2D eigenvalue weighted by Gasteiger charge is 2.27. The van der Waals surface area contributed by atoms with Crippen molar-refractivity contribution in [1.82, 2.24) is 5.32 Å². The van der Waals surface area contributed by atoms with Gasteiger partial charge in [-0.15, -0.1) is 0 Å². The van der Waals surface area contributed by atoms with Gasteiger partial charge in [0.25, 0.3) is 0 Å². The molecule has 0 saturated heterocycles. The molecule has 0 bridgehead atoms. The second-order valence-electron chi connectivity index (χ2n) is 5.12. The van der Waals surface area contributed by atoms with Crippen LogP contribution >= 0.6 is 0 Å². The topological polar surface area (TPSA) is 30.5 Å². The fraction of sp³-hybridized carbons (Fsp3) is 0.600. The average Bonchev–Trinajstić information content (AvgIpc) is 2.46. The summed E-state index contributed by atoms with van der Waals surface area (Å²) in [6.07, 6.45) is -1.80. The molecule has 1 heterocycles. The molecule has 6 heteroatoms. The fourth-order valence-electron chi connectivity index (χ4n) is 2.46. The molecule has 1 N–H and O–H groups in total. The molecule has 0 spiro atoms. The molecule has 118 valence electrons. The molecule has 3 nitrogen and oxygen atoms in total. The highest BCUT2D eigenvalue weighted by molar-refractivity contribution is 5.39. The van der Waals surface area contributed by atoms with E-state index in [-0.39, 0.29) is 12.6 Å². The smallest absolute Gasteiger partial charge is 0.411 e. The molecule has 1 aliphatic heterocycles. The van der Waals surface area contributed by atoms with Gasteiger partial charge in [0.1, 0.15) is 12.4 Å². The van der Waals surface area contributed by atoms with Crippen molar-refractivity contribution in [3.8, 4) is 5.75 Å². The molecule has 0 aliphatic carbocycles. The molecule has 0 amide bonds. The number of hydrogen-bond donors (Lipinski definition) is 1. The Kier molecular flexibility index (Phi) is 5.47. The summed E-state index contributed by atoms with van der Waals surface area (Å²) in [5, 5.41) is 3.12. The molecule has 0 radical (unpaired) electrons. The van der Waals surface area contributed by atoms with Crippen LogP contribution in [0.25, 0.3) is 0 Å². The molecule has 0 aromatic heterocycles. The van der Waals surface area contributed by atoms with Crippen molar-refractivity contribution in [2.24, 2.45) is 0 Å². The van der Waals surface area contributed by atoms with Gasteiger partial charge in [-0.1, -0.05) is 12.1 Å².